The van der Waals surface area contributed by atoms with Gasteiger partial charge < -0.3 is 11.5 Å². The molecule has 3 amide bonds. The fraction of sp³-hybridized carbons (Fsp3) is 0.667. The van der Waals surface area contributed by atoms with Crippen LogP contribution in [0.1, 0.15) is 19.3 Å². The molecule has 0 saturated heterocycles. The molecule has 16 heavy (non-hydrogen) atoms. The quantitative estimate of drug-likeness (QED) is 0.537. The van der Waals surface area contributed by atoms with Crippen molar-refractivity contribution in [2.45, 2.75) is 25.3 Å². The number of carbonyl (C=O) groups excluding carboxylic acids is 2. The summed E-state index contributed by atoms with van der Waals surface area (Å²) >= 11 is 4.78. The number of nitrogens with one attached hydrogen (secondary N) is 1. The first-order chi connectivity index (χ1) is 7.49. The second-order valence-corrected chi connectivity index (χ2v) is 4.35. The molecule has 0 unspecified atom stereocenters. The minimum atomic E-state index is -0.824. The maximum Gasteiger partial charge on any atom is 0.318 e. The summed E-state index contributed by atoms with van der Waals surface area (Å²) in [6.45, 7) is 0.808. The van der Waals surface area contributed by atoms with Crippen LogP contribution in [0.5, 0.6) is 0 Å². The zero-order chi connectivity index (χ0) is 12.1. The van der Waals surface area contributed by atoms with Gasteiger partial charge in [-0.05, 0) is 12.8 Å². The number of nitrogens with two attached hydrogens (primary N) is 2. The average molecular weight is 244 g/mol. The number of rotatable bonds is 6. The van der Waals surface area contributed by atoms with Gasteiger partial charge in [0.25, 0.3) is 0 Å². The highest BCUT2D eigenvalue weighted by molar-refractivity contribution is 7.80. The van der Waals surface area contributed by atoms with Crippen LogP contribution < -0.4 is 16.8 Å². The average Bonchev–Trinajstić information content (AvgIpc) is 2.93. The Balaban J connectivity index is 2.35. The number of hydrogen-bond acceptors (Lipinski definition) is 4. The molecule has 1 aliphatic rings. The summed E-state index contributed by atoms with van der Waals surface area (Å²) < 4.78 is 0. The largest absolute Gasteiger partial charge is 0.393 e. The molecule has 0 aromatic rings. The van der Waals surface area contributed by atoms with Crippen LogP contribution in [0.15, 0.2) is 0 Å². The lowest BCUT2D eigenvalue weighted by Gasteiger charge is -2.20. The van der Waals surface area contributed by atoms with Crippen molar-refractivity contribution in [3.63, 3.8) is 0 Å². The van der Waals surface area contributed by atoms with Crippen LogP contribution in [0.4, 0.5) is 4.79 Å². The molecule has 0 spiro atoms. The van der Waals surface area contributed by atoms with Gasteiger partial charge in [-0.1, -0.05) is 12.2 Å². The van der Waals surface area contributed by atoms with E-state index >= 15 is 0 Å². The van der Waals surface area contributed by atoms with Crippen molar-refractivity contribution in [2.24, 2.45) is 11.5 Å². The second-order valence-electron chi connectivity index (χ2n) is 3.83. The first-order valence-corrected chi connectivity index (χ1v) is 5.51. The molecule has 1 rings (SSSR count). The summed E-state index contributed by atoms with van der Waals surface area (Å²) in [7, 11) is 0. The molecule has 1 fully saturated rings. The van der Waals surface area contributed by atoms with Crippen molar-refractivity contribution in [3.8, 4) is 0 Å². The smallest absolute Gasteiger partial charge is 0.318 e. The zero-order valence-electron chi connectivity index (χ0n) is 8.94. The molecule has 0 bridgehead atoms. The first kappa shape index (κ1) is 12.9. The Morgan fingerprint density at radius 3 is 2.44 bits per heavy atom. The van der Waals surface area contributed by atoms with Gasteiger partial charge in [-0.15, -0.1) is 0 Å². The molecule has 0 aromatic heterocycles. The normalized spacial score (nSPS) is 14.8. The van der Waals surface area contributed by atoms with Gasteiger partial charge in [-0.3, -0.25) is 15.0 Å². The van der Waals surface area contributed by atoms with Gasteiger partial charge in [0.05, 0.1) is 11.5 Å². The Morgan fingerprint density at radius 1 is 1.38 bits per heavy atom. The Bertz CT molecular complexity index is 304. The van der Waals surface area contributed by atoms with E-state index in [4.69, 9.17) is 23.7 Å². The lowest BCUT2D eigenvalue weighted by Crippen LogP contribution is -2.43. The lowest BCUT2D eigenvalue weighted by atomic mass is 10.3. The van der Waals surface area contributed by atoms with Crippen molar-refractivity contribution in [2.75, 3.05) is 13.1 Å². The predicted octanol–water partition coefficient (Wildman–Crippen LogP) is -0.678. The van der Waals surface area contributed by atoms with Gasteiger partial charge in [0, 0.05) is 19.0 Å². The first-order valence-electron chi connectivity index (χ1n) is 5.10. The maximum absolute atomic E-state index is 11.3. The third-order valence-electron chi connectivity index (χ3n) is 2.32. The third-order valence-corrected chi connectivity index (χ3v) is 2.52. The molecule has 0 atom stereocenters. The molecule has 7 heteroatoms. The van der Waals surface area contributed by atoms with Crippen LogP contribution in [-0.4, -0.2) is 41.0 Å². The molecular weight excluding hydrogens is 228 g/mol. The molecular formula is C9H16N4O2S. The number of amides is 3. The molecule has 1 aliphatic carbocycles. The van der Waals surface area contributed by atoms with Gasteiger partial charge in [0.2, 0.25) is 5.91 Å². The maximum atomic E-state index is 11.3. The zero-order valence-corrected chi connectivity index (χ0v) is 9.76. The fourth-order valence-electron chi connectivity index (χ4n) is 1.45. The summed E-state index contributed by atoms with van der Waals surface area (Å²) in [5, 5.41) is 2.04. The topological polar surface area (TPSA) is 101 Å². The molecule has 0 heterocycles. The fourth-order valence-corrected chi connectivity index (χ4v) is 1.54. The Morgan fingerprint density at radius 2 is 2.00 bits per heavy atom. The van der Waals surface area contributed by atoms with Crippen LogP contribution in [0.2, 0.25) is 0 Å². The number of imide groups is 1. The van der Waals surface area contributed by atoms with Crippen molar-refractivity contribution >= 4 is 29.1 Å². The summed E-state index contributed by atoms with van der Waals surface area (Å²) in [6.07, 6.45) is 2.72. The van der Waals surface area contributed by atoms with Gasteiger partial charge in [-0.25, -0.2) is 4.79 Å². The van der Waals surface area contributed by atoms with Crippen LogP contribution in [0.25, 0.3) is 0 Å². The summed E-state index contributed by atoms with van der Waals surface area (Å²) in [5.74, 6) is -0.387. The minimum absolute atomic E-state index is 0.163. The number of thiocarbonyl (C=S) groups is 1. The number of primary amides is 1. The van der Waals surface area contributed by atoms with Crippen LogP contribution in [0.3, 0.4) is 0 Å². The Hall–Kier alpha value is -1.21. The SMILES string of the molecule is NC(=O)NC(=O)CN(CCC(N)=S)C1CC1. The molecule has 0 radical (unpaired) electrons. The molecule has 0 aliphatic heterocycles. The van der Waals surface area contributed by atoms with Crippen molar-refractivity contribution in [3.05, 3.63) is 0 Å². The highest BCUT2D eigenvalue weighted by Gasteiger charge is 2.30. The van der Waals surface area contributed by atoms with E-state index in [1.807, 2.05) is 10.2 Å². The van der Waals surface area contributed by atoms with Gasteiger partial charge >= 0.3 is 6.03 Å². The van der Waals surface area contributed by atoms with E-state index in [0.29, 0.717) is 24.0 Å². The standard InChI is InChI=1S/C9H16N4O2S/c10-7(16)3-4-13(6-1-2-6)5-8(14)12-9(11)15/h6H,1-5H2,(H2,10,16)(H3,11,12,14,15). The number of carbonyl (C=O) groups is 2. The van der Waals surface area contributed by atoms with E-state index in [9.17, 15) is 9.59 Å². The van der Waals surface area contributed by atoms with Gasteiger partial charge in [0.1, 0.15) is 0 Å². The Kier molecular flexibility index (Phi) is 4.63. The molecule has 5 N–H and O–H groups in total. The Labute approximate surface area is 99.3 Å². The van der Waals surface area contributed by atoms with Crippen molar-refractivity contribution < 1.29 is 9.59 Å². The predicted molar refractivity (Wildman–Crippen MR) is 63.7 cm³/mol. The summed E-state index contributed by atoms with van der Waals surface area (Å²) in [4.78, 5) is 24.2. The van der Waals surface area contributed by atoms with Crippen LogP contribution in [0, 0.1) is 0 Å². The highest BCUT2D eigenvalue weighted by atomic mass is 32.1. The van der Waals surface area contributed by atoms with Crippen molar-refractivity contribution in [1.29, 1.82) is 0 Å². The number of hydrogen-bond donors (Lipinski definition) is 3. The monoisotopic (exact) mass is 244 g/mol. The van der Waals surface area contributed by atoms with E-state index in [1.165, 1.54) is 0 Å². The minimum Gasteiger partial charge on any atom is -0.393 e. The van der Waals surface area contributed by atoms with Crippen LogP contribution >= 0.6 is 12.2 Å². The molecule has 0 aromatic carbocycles. The number of urea groups is 1. The molecule has 6 nitrogen and oxygen atoms in total. The number of nitrogens with zero attached hydrogens (tertiary/aromatic N) is 1. The molecule has 1 saturated carbocycles. The third kappa shape index (κ3) is 5.04. The van der Waals surface area contributed by atoms with E-state index in [0.717, 1.165) is 12.8 Å². The van der Waals surface area contributed by atoms with E-state index in [1.54, 1.807) is 0 Å². The van der Waals surface area contributed by atoms with Gasteiger partial charge in [0.15, 0.2) is 0 Å². The lowest BCUT2D eigenvalue weighted by molar-refractivity contribution is -0.121. The van der Waals surface area contributed by atoms with E-state index in [-0.39, 0.29) is 12.5 Å². The van der Waals surface area contributed by atoms with Crippen molar-refractivity contribution in [1.82, 2.24) is 10.2 Å². The van der Waals surface area contributed by atoms with Gasteiger partial charge in [-0.2, -0.15) is 0 Å². The van der Waals surface area contributed by atoms with E-state index < -0.39 is 6.03 Å². The summed E-state index contributed by atoms with van der Waals surface area (Å²) in [5.41, 5.74) is 10.3. The second kappa shape index (κ2) is 5.76. The van der Waals surface area contributed by atoms with Crippen LogP contribution in [-0.2, 0) is 4.79 Å². The van der Waals surface area contributed by atoms with E-state index in [2.05, 4.69) is 0 Å². The summed E-state index contributed by atoms with van der Waals surface area (Å²) in [6, 6.07) is -0.414. The molecule has 90 valence electrons. The highest BCUT2D eigenvalue weighted by Crippen LogP contribution is 2.26.